The Morgan fingerprint density at radius 1 is 1.19 bits per heavy atom. The molecule has 0 amide bonds. The number of benzene rings is 1. The van der Waals surface area contributed by atoms with E-state index in [4.69, 9.17) is 4.74 Å². The maximum atomic E-state index is 11.6. The summed E-state index contributed by atoms with van der Waals surface area (Å²) in [7, 11) is -3.14. The van der Waals surface area contributed by atoms with E-state index >= 15 is 0 Å². The summed E-state index contributed by atoms with van der Waals surface area (Å²) in [5.74, 6) is 1.56. The Balaban J connectivity index is 0.00000676. The maximum Gasteiger partial charge on any atom is 0.211 e. The van der Waals surface area contributed by atoms with E-state index in [0.29, 0.717) is 45.2 Å². The third-order valence-electron chi connectivity index (χ3n) is 3.72. The van der Waals surface area contributed by atoms with Gasteiger partial charge in [-0.15, -0.1) is 24.0 Å². The van der Waals surface area contributed by atoms with Crippen LogP contribution in [0.3, 0.4) is 0 Å². The van der Waals surface area contributed by atoms with E-state index in [1.54, 1.807) is 0 Å². The van der Waals surface area contributed by atoms with Gasteiger partial charge in [0.05, 0.1) is 19.4 Å². The van der Waals surface area contributed by atoms with Crippen LogP contribution in [0.25, 0.3) is 0 Å². The Morgan fingerprint density at radius 3 is 2.48 bits per heavy atom. The maximum absolute atomic E-state index is 11.6. The third kappa shape index (κ3) is 10.2. The highest BCUT2D eigenvalue weighted by Crippen LogP contribution is 2.18. The zero-order chi connectivity index (χ0) is 19.4. The van der Waals surface area contributed by atoms with E-state index in [2.05, 4.69) is 15.6 Å². The molecule has 2 N–H and O–H groups in total. The highest BCUT2D eigenvalue weighted by atomic mass is 127. The van der Waals surface area contributed by atoms with Gasteiger partial charge in [-0.3, -0.25) is 0 Å². The molecule has 0 bridgehead atoms. The molecule has 1 aromatic carbocycles. The Labute approximate surface area is 181 Å². The summed E-state index contributed by atoms with van der Waals surface area (Å²) in [4.78, 5) is 4.59. The molecule has 0 fully saturated rings. The highest BCUT2D eigenvalue weighted by molar-refractivity contribution is 14.0. The molecule has 156 valence electrons. The van der Waals surface area contributed by atoms with E-state index in [0.717, 1.165) is 17.9 Å². The van der Waals surface area contributed by atoms with Gasteiger partial charge in [-0.05, 0) is 26.3 Å². The first-order valence-electron chi connectivity index (χ1n) is 9.10. The van der Waals surface area contributed by atoms with Crippen molar-refractivity contribution < 1.29 is 13.2 Å². The Kier molecular flexibility index (Phi) is 13.4. The number of sulfonamides is 1. The van der Waals surface area contributed by atoms with Crippen molar-refractivity contribution in [1.29, 1.82) is 0 Å². The van der Waals surface area contributed by atoms with Crippen LogP contribution in [-0.4, -0.2) is 57.7 Å². The highest BCUT2D eigenvalue weighted by Gasteiger charge is 2.13. The number of aliphatic imine (C=N–C) groups is 1. The largest absolute Gasteiger partial charge is 0.494 e. The molecule has 9 heteroatoms. The molecule has 0 saturated heterocycles. The fourth-order valence-corrected chi connectivity index (χ4v) is 3.39. The van der Waals surface area contributed by atoms with E-state index in [9.17, 15) is 8.42 Å². The van der Waals surface area contributed by atoms with Gasteiger partial charge in [-0.2, -0.15) is 0 Å². The van der Waals surface area contributed by atoms with Crippen LogP contribution in [0.5, 0.6) is 5.75 Å². The fraction of sp³-hybridized carbons (Fsp3) is 0.611. The predicted molar refractivity (Wildman–Crippen MR) is 123 cm³/mol. The summed E-state index contributed by atoms with van der Waals surface area (Å²) in [6.45, 7) is 9.32. The molecule has 0 saturated carbocycles. The minimum Gasteiger partial charge on any atom is -0.494 e. The number of rotatable bonds is 11. The molecule has 1 aromatic rings. The first-order valence-corrected chi connectivity index (χ1v) is 10.9. The van der Waals surface area contributed by atoms with Crippen LogP contribution in [-0.2, 0) is 16.6 Å². The predicted octanol–water partition coefficient (Wildman–Crippen LogP) is 2.43. The number of nitrogens with one attached hydrogen (secondary N) is 2. The number of hydrogen-bond acceptors (Lipinski definition) is 4. The van der Waals surface area contributed by atoms with Crippen molar-refractivity contribution in [3.8, 4) is 5.75 Å². The number of para-hydroxylation sites is 1. The molecule has 0 aliphatic heterocycles. The molecular formula is C18H33IN4O3S. The normalized spacial score (nSPS) is 11.8. The van der Waals surface area contributed by atoms with E-state index in [-0.39, 0.29) is 24.0 Å². The summed E-state index contributed by atoms with van der Waals surface area (Å²) in [5.41, 5.74) is 1.03. The average molecular weight is 512 g/mol. The number of ether oxygens (including phenoxy) is 1. The molecule has 0 aromatic heterocycles. The summed E-state index contributed by atoms with van der Waals surface area (Å²) < 4.78 is 30.3. The van der Waals surface area contributed by atoms with Crippen LogP contribution in [0, 0.1) is 0 Å². The number of hydrogen-bond donors (Lipinski definition) is 2. The number of halogens is 1. The van der Waals surface area contributed by atoms with Crippen LogP contribution >= 0.6 is 24.0 Å². The minimum absolute atomic E-state index is 0. The summed E-state index contributed by atoms with van der Waals surface area (Å²) >= 11 is 0. The van der Waals surface area contributed by atoms with Gasteiger partial charge in [0.2, 0.25) is 10.0 Å². The van der Waals surface area contributed by atoms with Gasteiger partial charge in [0, 0.05) is 31.7 Å². The second-order valence-corrected chi connectivity index (χ2v) is 7.75. The van der Waals surface area contributed by atoms with Crippen LogP contribution in [0.15, 0.2) is 29.3 Å². The van der Waals surface area contributed by atoms with Gasteiger partial charge < -0.3 is 15.4 Å². The molecule has 0 heterocycles. The minimum atomic E-state index is -3.14. The van der Waals surface area contributed by atoms with E-state index in [1.165, 1.54) is 10.6 Å². The van der Waals surface area contributed by atoms with E-state index in [1.807, 2.05) is 45.0 Å². The summed E-state index contributed by atoms with van der Waals surface area (Å²) in [6, 6.07) is 7.86. The second kappa shape index (κ2) is 14.0. The zero-order valence-electron chi connectivity index (χ0n) is 16.7. The van der Waals surface area contributed by atoms with Gasteiger partial charge >= 0.3 is 0 Å². The van der Waals surface area contributed by atoms with Gasteiger partial charge in [-0.1, -0.05) is 25.1 Å². The first-order chi connectivity index (χ1) is 12.4. The van der Waals surface area contributed by atoms with Crippen molar-refractivity contribution in [3.63, 3.8) is 0 Å². The molecule has 1 rings (SSSR count). The standard InChI is InChI=1S/C18H32N4O3S.HI/c1-5-19-18(20-13-10-14-22(6-2)26(4,23)24)21-15-16-11-8-9-12-17(16)25-7-3;/h8-9,11-12H,5-7,10,13-15H2,1-4H3,(H2,19,20,21);1H. The topological polar surface area (TPSA) is 83.0 Å². The molecule has 0 spiro atoms. The zero-order valence-corrected chi connectivity index (χ0v) is 19.8. The van der Waals surface area contributed by atoms with Crippen molar-refractivity contribution in [2.75, 3.05) is 39.0 Å². The fourth-order valence-electron chi connectivity index (χ4n) is 2.46. The van der Waals surface area contributed by atoms with Gasteiger partial charge in [-0.25, -0.2) is 17.7 Å². The summed E-state index contributed by atoms with van der Waals surface area (Å²) in [5, 5.41) is 6.45. The molecule has 0 radical (unpaired) electrons. The lowest BCUT2D eigenvalue weighted by Crippen LogP contribution is -2.39. The lowest BCUT2D eigenvalue weighted by molar-refractivity contribution is 0.336. The van der Waals surface area contributed by atoms with Crippen molar-refractivity contribution in [2.45, 2.75) is 33.7 Å². The smallest absolute Gasteiger partial charge is 0.211 e. The van der Waals surface area contributed by atoms with Gasteiger partial charge in [0.1, 0.15) is 5.75 Å². The van der Waals surface area contributed by atoms with Crippen molar-refractivity contribution in [2.24, 2.45) is 4.99 Å². The molecule has 0 aliphatic rings. The van der Waals surface area contributed by atoms with Crippen molar-refractivity contribution in [3.05, 3.63) is 29.8 Å². The molecule has 27 heavy (non-hydrogen) atoms. The number of nitrogens with zero attached hydrogens (tertiary/aromatic N) is 2. The van der Waals surface area contributed by atoms with Crippen molar-refractivity contribution in [1.82, 2.24) is 14.9 Å². The first kappa shape index (κ1) is 25.9. The Bertz CT molecular complexity index is 668. The Hall–Kier alpha value is -1.07. The monoisotopic (exact) mass is 512 g/mol. The summed E-state index contributed by atoms with van der Waals surface area (Å²) in [6.07, 6.45) is 1.95. The van der Waals surface area contributed by atoms with Crippen molar-refractivity contribution >= 4 is 40.0 Å². The van der Waals surface area contributed by atoms with Gasteiger partial charge in [0.15, 0.2) is 5.96 Å². The van der Waals surface area contributed by atoms with Crippen LogP contribution < -0.4 is 15.4 Å². The van der Waals surface area contributed by atoms with Crippen LogP contribution in [0.4, 0.5) is 0 Å². The molecule has 7 nitrogen and oxygen atoms in total. The molecule has 0 unspecified atom stereocenters. The lowest BCUT2D eigenvalue weighted by Gasteiger charge is -2.18. The average Bonchev–Trinajstić information content (AvgIpc) is 2.59. The third-order valence-corrected chi connectivity index (χ3v) is 5.10. The Morgan fingerprint density at radius 2 is 1.89 bits per heavy atom. The van der Waals surface area contributed by atoms with E-state index < -0.39 is 10.0 Å². The van der Waals surface area contributed by atoms with Crippen LogP contribution in [0.2, 0.25) is 0 Å². The molecule has 0 aliphatic carbocycles. The van der Waals surface area contributed by atoms with Gasteiger partial charge in [0.25, 0.3) is 0 Å². The quantitative estimate of drug-likeness (QED) is 0.206. The van der Waals surface area contributed by atoms with Crippen LogP contribution in [0.1, 0.15) is 32.8 Å². The SMILES string of the molecule is CCNC(=NCc1ccccc1OCC)NCCCN(CC)S(C)(=O)=O.I. The number of guanidine groups is 1. The molecular weight excluding hydrogens is 479 g/mol. The molecule has 0 atom stereocenters. The second-order valence-electron chi connectivity index (χ2n) is 5.77. The lowest BCUT2D eigenvalue weighted by atomic mass is 10.2.